The number of aliphatic imine (C=N–C) groups is 1. The molecule has 0 saturated carbocycles. The molecule has 0 unspecified atom stereocenters. The van der Waals surface area contributed by atoms with Crippen LogP contribution >= 0.6 is 0 Å². The Bertz CT molecular complexity index is 559. The van der Waals surface area contributed by atoms with Crippen LogP contribution in [-0.2, 0) is 6.54 Å². The lowest BCUT2D eigenvalue weighted by atomic mass is 9.93. The zero-order valence-corrected chi connectivity index (χ0v) is 18.0. The molecule has 1 aromatic rings. The van der Waals surface area contributed by atoms with Gasteiger partial charge in [0.1, 0.15) is 0 Å². The van der Waals surface area contributed by atoms with Gasteiger partial charge in [0.25, 0.3) is 0 Å². The van der Waals surface area contributed by atoms with Crippen LogP contribution in [0.4, 0.5) is 0 Å². The molecule has 0 aromatic heterocycles. The van der Waals surface area contributed by atoms with Crippen molar-refractivity contribution < 1.29 is 0 Å². The lowest BCUT2D eigenvalue weighted by Gasteiger charge is -2.33. The molecule has 1 heterocycles. The van der Waals surface area contributed by atoms with Gasteiger partial charge in [-0.15, -0.1) is 0 Å². The van der Waals surface area contributed by atoms with Gasteiger partial charge in [-0.25, -0.2) is 0 Å². The maximum atomic E-state index is 4.87. The number of hydrogen-bond acceptors (Lipinski definition) is 3. The third-order valence-electron chi connectivity index (χ3n) is 4.93. The summed E-state index contributed by atoms with van der Waals surface area (Å²) in [4.78, 5) is 9.66. The molecule has 5 nitrogen and oxygen atoms in total. The maximum Gasteiger partial charge on any atom is 0.191 e. The minimum Gasteiger partial charge on any atom is -0.357 e. The first-order chi connectivity index (χ1) is 12.9. The molecule has 0 bridgehead atoms. The van der Waals surface area contributed by atoms with Gasteiger partial charge in [0, 0.05) is 45.3 Å². The van der Waals surface area contributed by atoms with Crippen molar-refractivity contribution in [3.63, 3.8) is 0 Å². The smallest absolute Gasteiger partial charge is 0.191 e. The van der Waals surface area contributed by atoms with E-state index >= 15 is 0 Å². The maximum absolute atomic E-state index is 4.87. The van der Waals surface area contributed by atoms with Crippen molar-refractivity contribution in [3.8, 4) is 0 Å². The van der Waals surface area contributed by atoms with Crippen molar-refractivity contribution in [1.29, 1.82) is 0 Å². The quantitative estimate of drug-likeness (QED) is 0.543. The predicted molar refractivity (Wildman–Crippen MR) is 116 cm³/mol. The van der Waals surface area contributed by atoms with E-state index in [0.717, 1.165) is 45.2 Å². The van der Waals surface area contributed by atoms with E-state index in [-0.39, 0.29) is 5.41 Å². The van der Waals surface area contributed by atoms with Gasteiger partial charge < -0.3 is 15.5 Å². The molecule has 2 N–H and O–H groups in total. The van der Waals surface area contributed by atoms with Gasteiger partial charge in [-0.3, -0.25) is 9.89 Å². The standard InChI is InChI=1S/C22H39N5/c1-6-23-21(24-17-22(2,3)18-26(4)5)25-20-12-14-27(15-13-20)16-19-10-8-7-9-11-19/h7-11,20H,6,12-18H2,1-5H3,(H2,23,24,25). The van der Waals surface area contributed by atoms with Crippen molar-refractivity contribution >= 4 is 5.96 Å². The van der Waals surface area contributed by atoms with Crippen LogP contribution in [0.1, 0.15) is 39.2 Å². The molecular weight excluding hydrogens is 334 g/mol. The van der Waals surface area contributed by atoms with E-state index in [9.17, 15) is 0 Å². The van der Waals surface area contributed by atoms with Crippen LogP contribution in [0.15, 0.2) is 35.3 Å². The molecule has 0 radical (unpaired) electrons. The van der Waals surface area contributed by atoms with E-state index in [4.69, 9.17) is 4.99 Å². The third kappa shape index (κ3) is 8.31. The summed E-state index contributed by atoms with van der Waals surface area (Å²) in [6, 6.07) is 11.3. The van der Waals surface area contributed by atoms with Gasteiger partial charge in [0.2, 0.25) is 0 Å². The van der Waals surface area contributed by atoms with Crippen LogP contribution in [-0.4, -0.2) is 68.6 Å². The van der Waals surface area contributed by atoms with Crippen LogP contribution in [0, 0.1) is 5.41 Å². The Morgan fingerprint density at radius 2 is 1.85 bits per heavy atom. The zero-order chi connectivity index (χ0) is 19.7. The van der Waals surface area contributed by atoms with E-state index in [1.54, 1.807) is 0 Å². The first-order valence-corrected chi connectivity index (χ1v) is 10.3. The minimum atomic E-state index is 0.172. The average Bonchev–Trinajstić information content (AvgIpc) is 2.61. The van der Waals surface area contributed by atoms with Gasteiger partial charge >= 0.3 is 0 Å². The first-order valence-electron chi connectivity index (χ1n) is 10.3. The van der Waals surface area contributed by atoms with Gasteiger partial charge in [0.05, 0.1) is 0 Å². The second kappa shape index (κ2) is 10.7. The van der Waals surface area contributed by atoms with E-state index in [2.05, 4.69) is 85.6 Å². The van der Waals surface area contributed by atoms with Crippen LogP contribution in [0.3, 0.4) is 0 Å². The molecule has 1 aromatic carbocycles. The summed E-state index contributed by atoms with van der Waals surface area (Å²) >= 11 is 0. The van der Waals surface area contributed by atoms with Gasteiger partial charge in [-0.2, -0.15) is 0 Å². The molecule has 0 aliphatic carbocycles. The van der Waals surface area contributed by atoms with Crippen molar-refractivity contribution in [2.75, 3.05) is 46.8 Å². The van der Waals surface area contributed by atoms with Crippen LogP contribution < -0.4 is 10.6 Å². The number of likely N-dealkylation sites (tertiary alicyclic amines) is 1. The Balaban J connectivity index is 1.82. The molecule has 152 valence electrons. The lowest BCUT2D eigenvalue weighted by molar-refractivity contribution is 0.198. The summed E-state index contributed by atoms with van der Waals surface area (Å²) in [5.41, 5.74) is 1.58. The van der Waals surface area contributed by atoms with E-state index in [1.165, 1.54) is 18.4 Å². The fraction of sp³-hybridized carbons (Fsp3) is 0.682. The molecule has 1 aliphatic heterocycles. The number of hydrogen-bond donors (Lipinski definition) is 2. The van der Waals surface area contributed by atoms with Gasteiger partial charge in [0.15, 0.2) is 5.96 Å². The number of guanidine groups is 1. The molecule has 1 saturated heterocycles. The number of rotatable bonds is 8. The molecule has 0 spiro atoms. The number of piperidine rings is 1. The monoisotopic (exact) mass is 373 g/mol. The summed E-state index contributed by atoms with van der Waals surface area (Å²) in [6.07, 6.45) is 2.33. The highest BCUT2D eigenvalue weighted by Gasteiger charge is 2.22. The van der Waals surface area contributed by atoms with Crippen molar-refractivity contribution in [3.05, 3.63) is 35.9 Å². The fourth-order valence-corrected chi connectivity index (χ4v) is 3.79. The highest BCUT2D eigenvalue weighted by atomic mass is 15.2. The lowest BCUT2D eigenvalue weighted by Crippen LogP contribution is -2.48. The normalized spacial score (nSPS) is 17.3. The Labute approximate surface area is 166 Å². The van der Waals surface area contributed by atoms with E-state index in [0.29, 0.717) is 6.04 Å². The molecule has 0 amide bonds. The molecular formula is C22H39N5. The minimum absolute atomic E-state index is 0.172. The summed E-state index contributed by atoms with van der Waals surface area (Å²) in [5.74, 6) is 0.964. The summed E-state index contributed by atoms with van der Waals surface area (Å²) < 4.78 is 0. The second-order valence-electron chi connectivity index (χ2n) is 8.78. The molecule has 27 heavy (non-hydrogen) atoms. The Hall–Kier alpha value is -1.59. The van der Waals surface area contributed by atoms with Crippen LogP contribution in [0.2, 0.25) is 0 Å². The predicted octanol–water partition coefficient (Wildman–Crippen LogP) is 2.79. The summed E-state index contributed by atoms with van der Waals surface area (Å²) in [7, 11) is 4.25. The Morgan fingerprint density at radius 1 is 1.19 bits per heavy atom. The molecule has 2 rings (SSSR count). The summed E-state index contributed by atoms with van der Waals surface area (Å²) in [5, 5.41) is 7.08. The highest BCUT2D eigenvalue weighted by molar-refractivity contribution is 5.80. The van der Waals surface area contributed by atoms with Crippen molar-refractivity contribution in [1.82, 2.24) is 20.4 Å². The topological polar surface area (TPSA) is 42.9 Å². The molecule has 5 heteroatoms. The third-order valence-corrected chi connectivity index (χ3v) is 4.93. The zero-order valence-electron chi connectivity index (χ0n) is 18.0. The van der Waals surface area contributed by atoms with Crippen molar-refractivity contribution in [2.24, 2.45) is 10.4 Å². The van der Waals surface area contributed by atoms with E-state index in [1.807, 2.05) is 0 Å². The van der Waals surface area contributed by atoms with Crippen molar-refractivity contribution in [2.45, 2.75) is 46.2 Å². The average molecular weight is 374 g/mol. The molecule has 1 aliphatic rings. The number of nitrogens with one attached hydrogen (secondary N) is 2. The molecule has 0 atom stereocenters. The SMILES string of the molecule is CCNC(=NCC(C)(C)CN(C)C)NC1CCN(Cc2ccccc2)CC1. The number of benzene rings is 1. The second-order valence-corrected chi connectivity index (χ2v) is 8.78. The highest BCUT2D eigenvalue weighted by Crippen LogP contribution is 2.17. The molecule has 1 fully saturated rings. The van der Waals surface area contributed by atoms with Crippen LogP contribution in [0.5, 0.6) is 0 Å². The van der Waals surface area contributed by atoms with Gasteiger partial charge in [-0.05, 0) is 44.8 Å². The fourth-order valence-electron chi connectivity index (χ4n) is 3.79. The summed E-state index contributed by atoms with van der Waals surface area (Å²) in [6.45, 7) is 12.8. The largest absolute Gasteiger partial charge is 0.357 e. The van der Waals surface area contributed by atoms with Gasteiger partial charge in [-0.1, -0.05) is 44.2 Å². The Morgan fingerprint density at radius 3 is 2.44 bits per heavy atom. The van der Waals surface area contributed by atoms with E-state index < -0.39 is 0 Å². The van der Waals surface area contributed by atoms with Crippen LogP contribution in [0.25, 0.3) is 0 Å². The number of nitrogens with zero attached hydrogens (tertiary/aromatic N) is 3. The first kappa shape index (κ1) is 21.7. The Kier molecular flexibility index (Phi) is 8.58.